The average molecular weight is 225 g/mol. The SMILES string of the molecule is CC(C)OCCCNC(=O)C1CC=CCC1. The number of carbonyl (C=O) groups is 1. The first-order chi connectivity index (χ1) is 7.70. The molecule has 1 aliphatic rings. The van der Waals surface area contributed by atoms with Crippen molar-refractivity contribution in [2.24, 2.45) is 5.92 Å². The molecule has 0 spiro atoms. The molecule has 1 N–H and O–H groups in total. The number of nitrogens with one attached hydrogen (secondary N) is 1. The third kappa shape index (κ3) is 5.31. The number of hydrogen-bond donors (Lipinski definition) is 1. The fourth-order valence-electron chi connectivity index (χ4n) is 1.78. The van der Waals surface area contributed by atoms with E-state index < -0.39 is 0 Å². The molecule has 0 saturated carbocycles. The van der Waals surface area contributed by atoms with Crippen LogP contribution in [0.25, 0.3) is 0 Å². The predicted octanol–water partition coefficient (Wildman–Crippen LogP) is 2.27. The molecule has 92 valence electrons. The minimum Gasteiger partial charge on any atom is -0.379 e. The molecular weight excluding hydrogens is 202 g/mol. The molecule has 0 heterocycles. The van der Waals surface area contributed by atoms with Crippen LogP contribution in [-0.4, -0.2) is 25.2 Å². The Kier molecular flexibility index (Phi) is 6.16. The Morgan fingerprint density at radius 1 is 1.50 bits per heavy atom. The number of allylic oxidation sites excluding steroid dienone is 2. The Morgan fingerprint density at radius 2 is 2.31 bits per heavy atom. The first-order valence-electron chi connectivity index (χ1n) is 6.24. The average Bonchev–Trinajstić information content (AvgIpc) is 2.29. The maximum atomic E-state index is 11.7. The molecule has 0 aliphatic heterocycles. The molecule has 16 heavy (non-hydrogen) atoms. The van der Waals surface area contributed by atoms with E-state index in [0.29, 0.717) is 0 Å². The van der Waals surface area contributed by atoms with Crippen molar-refractivity contribution in [2.75, 3.05) is 13.2 Å². The summed E-state index contributed by atoms with van der Waals surface area (Å²) in [5, 5.41) is 2.97. The van der Waals surface area contributed by atoms with Crippen molar-refractivity contribution in [1.29, 1.82) is 0 Å². The summed E-state index contributed by atoms with van der Waals surface area (Å²) in [6.07, 6.45) is 8.36. The molecule has 0 aromatic rings. The highest BCUT2D eigenvalue weighted by Gasteiger charge is 2.17. The van der Waals surface area contributed by atoms with Crippen molar-refractivity contribution in [1.82, 2.24) is 5.32 Å². The Bertz CT molecular complexity index is 236. The van der Waals surface area contributed by atoms with E-state index in [1.54, 1.807) is 0 Å². The highest BCUT2D eigenvalue weighted by Crippen LogP contribution is 2.17. The Hall–Kier alpha value is -0.830. The van der Waals surface area contributed by atoms with Gasteiger partial charge in [0.25, 0.3) is 0 Å². The van der Waals surface area contributed by atoms with Crippen LogP contribution in [0.15, 0.2) is 12.2 Å². The van der Waals surface area contributed by atoms with Gasteiger partial charge in [0.15, 0.2) is 0 Å². The number of hydrogen-bond acceptors (Lipinski definition) is 2. The van der Waals surface area contributed by atoms with Crippen molar-refractivity contribution in [3.63, 3.8) is 0 Å². The minimum absolute atomic E-state index is 0.191. The molecule has 1 rings (SSSR count). The predicted molar refractivity (Wildman–Crippen MR) is 65.2 cm³/mol. The van der Waals surface area contributed by atoms with Crippen molar-refractivity contribution in [3.8, 4) is 0 Å². The summed E-state index contributed by atoms with van der Waals surface area (Å²) in [6.45, 7) is 5.49. The molecular formula is C13H23NO2. The summed E-state index contributed by atoms with van der Waals surface area (Å²) in [7, 11) is 0. The van der Waals surface area contributed by atoms with Crippen LogP contribution >= 0.6 is 0 Å². The van der Waals surface area contributed by atoms with Crippen LogP contribution in [0, 0.1) is 5.92 Å². The van der Waals surface area contributed by atoms with Crippen LogP contribution < -0.4 is 5.32 Å². The maximum absolute atomic E-state index is 11.7. The van der Waals surface area contributed by atoms with E-state index in [9.17, 15) is 4.79 Å². The molecule has 0 aromatic carbocycles. The lowest BCUT2D eigenvalue weighted by molar-refractivity contribution is -0.125. The lowest BCUT2D eigenvalue weighted by Crippen LogP contribution is -2.32. The quantitative estimate of drug-likeness (QED) is 0.556. The zero-order chi connectivity index (χ0) is 11.8. The molecule has 1 atom stereocenters. The van der Waals surface area contributed by atoms with Gasteiger partial charge in [0.2, 0.25) is 5.91 Å². The summed E-state index contributed by atoms with van der Waals surface area (Å²) < 4.78 is 5.41. The van der Waals surface area contributed by atoms with Gasteiger partial charge in [-0.15, -0.1) is 0 Å². The monoisotopic (exact) mass is 225 g/mol. The van der Waals surface area contributed by atoms with Gasteiger partial charge in [0.05, 0.1) is 6.10 Å². The Morgan fingerprint density at radius 3 is 2.94 bits per heavy atom. The molecule has 0 fully saturated rings. The second-order valence-corrected chi connectivity index (χ2v) is 4.55. The molecule has 1 amide bonds. The first kappa shape index (κ1) is 13.2. The molecule has 3 heteroatoms. The molecule has 0 saturated heterocycles. The van der Waals surface area contributed by atoms with Crippen molar-refractivity contribution >= 4 is 5.91 Å². The van der Waals surface area contributed by atoms with E-state index in [1.807, 2.05) is 13.8 Å². The zero-order valence-electron chi connectivity index (χ0n) is 10.4. The fraction of sp³-hybridized carbons (Fsp3) is 0.769. The topological polar surface area (TPSA) is 38.3 Å². The zero-order valence-corrected chi connectivity index (χ0v) is 10.4. The van der Waals surface area contributed by atoms with Crippen LogP contribution in [0.3, 0.4) is 0 Å². The van der Waals surface area contributed by atoms with E-state index in [1.165, 1.54) is 0 Å². The number of ether oxygens (including phenoxy) is 1. The third-order valence-corrected chi connectivity index (χ3v) is 2.71. The lowest BCUT2D eigenvalue weighted by atomic mass is 9.94. The van der Waals surface area contributed by atoms with Crippen LogP contribution in [0.4, 0.5) is 0 Å². The van der Waals surface area contributed by atoms with Gasteiger partial charge in [-0.05, 0) is 39.5 Å². The molecule has 0 radical (unpaired) electrons. The lowest BCUT2D eigenvalue weighted by Gasteiger charge is -2.17. The summed E-state index contributed by atoms with van der Waals surface area (Å²) >= 11 is 0. The molecule has 1 unspecified atom stereocenters. The smallest absolute Gasteiger partial charge is 0.223 e. The van der Waals surface area contributed by atoms with E-state index in [2.05, 4.69) is 17.5 Å². The maximum Gasteiger partial charge on any atom is 0.223 e. The summed E-state index contributed by atoms with van der Waals surface area (Å²) in [5.74, 6) is 0.393. The molecule has 0 bridgehead atoms. The van der Waals surface area contributed by atoms with Gasteiger partial charge in [-0.1, -0.05) is 12.2 Å². The van der Waals surface area contributed by atoms with Gasteiger partial charge in [-0.25, -0.2) is 0 Å². The second kappa shape index (κ2) is 7.44. The normalized spacial score (nSPS) is 20.1. The molecule has 3 nitrogen and oxygen atoms in total. The number of rotatable bonds is 6. The molecule has 0 aromatic heterocycles. The molecule has 1 aliphatic carbocycles. The van der Waals surface area contributed by atoms with Gasteiger partial charge in [-0.3, -0.25) is 4.79 Å². The number of amides is 1. The van der Waals surface area contributed by atoms with E-state index in [0.717, 1.165) is 38.8 Å². The Labute approximate surface area is 98.2 Å². The van der Waals surface area contributed by atoms with Gasteiger partial charge in [-0.2, -0.15) is 0 Å². The van der Waals surface area contributed by atoms with Crippen LogP contribution in [0.2, 0.25) is 0 Å². The van der Waals surface area contributed by atoms with Gasteiger partial charge in [0, 0.05) is 19.1 Å². The van der Waals surface area contributed by atoms with Crippen LogP contribution in [0.5, 0.6) is 0 Å². The second-order valence-electron chi connectivity index (χ2n) is 4.55. The first-order valence-corrected chi connectivity index (χ1v) is 6.24. The van der Waals surface area contributed by atoms with E-state index in [-0.39, 0.29) is 17.9 Å². The highest BCUT2D eigenvalue weighted by atomic mass is 16.5. The summed E-state index contributed by atoms with van der Waals surface area (Å²) in [5.41, 5.74) is 0. The third-order valence-electron chi connectivity index (χ3n) is 2.71. The van der Waals surface area contributed by atoms with Crippen molar-refractivity contribution in [2.45, 2.75) is 45.6 Å². The number of carbonyl (C=O) groups excluding carboxylic acids is 1. The van der Waals surface area contributed by atoms with Crippen molar-refractivity contribution < 1.29 is 9.53 Å². The summed E-state index contributed by atoms with van der Waals surface area (Å²) in [4.78, 5) is 11.7. The minimum atomic E-state index is 0.191. The van der Waals surface area contributed by atoms with Gasteiger partial charge < -0.3 is 10.1 Å². The van der Waals surface area contributed by atoms with Crippen molar-refractivity contribution in [3.05, 3.63) is 12.2 Å². The van der Waals surface area contributed by atoms with Gasteiger partial charge in [0.1, 0.15) is 0 Å². The van der Waals surface area contributed by atoms with Gasteiger partial charge >= 0.3 is 0 Å². The van der Waals surface area contributed by atoms with Crippen LogP contribution in [0.1, 0.15) is 39.5 Å². The Balaban J connectivity index is 2.04. The largest absolute Gasteiger partial charge is 0.379 e. The van der Waals surface area contributed by atoms with E-state index >= 15 is 0 Å². The fourth-order valence-corrected chi connectivity index (χ4v) is 1.78. The highest BCUT2D eigenvalue weighted by molar-refractivity contribution is 5.78. The van der Waals surface area contributed by atoms with Crippen LogP contribution in [-0.2, 0) is 9.53 Å². The summed E-state index contributed by atoms with van der Waals surface area (Å²) in [6, 6.07) is 0. The standard InChI is InChI=1S/C13H23NO2/c1-11(2)16-10-6-9-14-13(15)12-7-4-3-5-8-12/h3-4,11-12H,5-10H2,1-2H3,(H,14,15). The van der Waals surface area contributed by atoms with E-state index in [4.69, 9.17) is 4.74 Å².